The fourth-order valence-electron chi connectivity index (χ4n) is 2.08. The van der Waals surface area contributed by atoms with Crippen LogP contribution in [0.4, 0.5) is 5.69 Å². The Morgan fingerprint density at radius 2 is 1.86 bits per heavy atom. The summed E-state index contributed by atoms with van der Waals surface area (Å²) in [6.45, 7) is 1.50. The smallest absolute Gasteiger partial charge is 0.221 e. The van der Waals surface area contributed by atoms with E-state index >= 15 is 0 Å². The summed E-state index contributed by atoms with van der Waals surface area (Å²) in [6.07, 6.45) is 0. The van der Waals surface area contributed by atoms with Gasteiger partial charge in [0, 0.05) is 18.2 Å². The van der Waals surface area contributed by atoms with E-state index in [2.05, 4.69) is 28.0 Å². The van der Waals surface area contributed by atoms with Crippen LogP contribution in [-0.2, 0) is 4.79 Å². The topological polar surface area (TPSA) is 53.5 Å². The van der Waals surface area contributed by atoms with Crippen molar-refractivity contribution < 1.29 is 4.79 Å². The van der Waals surface area contributed by atoms with Gasteiger partial charge in [0.05, 0.1) is 0 Å². The van der Waals surface area contributed by atoms with E-state index in [4.69, 9.17) is 0 Å². The highest BCUT2D eigenvalue weighted by molar-refractivity contribution is 8.14. The number of thioether (sulfide) groups is 1. The molecule has 21 heavy (non-hydrogen) atoms. The monoisotopic (exact) mass is 297 g/mol. The summed E-state index contributed by atoms with van der Waals surface area (Å²) < 4.78 is 0. The first kappa shape index (κ1) is 13.7. The van der Waals surface area contributed by atoms with E-state index in [1.54, 1.807) is 11.8 Å². The van der Waals surface area contributed by atoms with Crippen molar-refractivity contribution in [1.29, 1.82) is 0 Å². The first-order valence-corrected chi connectivity index (χ1v) is 7.53. The average molecular weight is 297 g/mol. The van der Waals surface area contributed by atoms with Crippen LogP contribution in [0, 0.1) is 0 Å². The van der Waals surface area contributed by atoms with E-state index in [9.17, 15) is 4.79 Å². The summed E-state index contributed by atoms with van der Waals surface area (Å²) >= 11 is 1.69. The quantitative estimate of drug-likeness (QED) is 0.913. The van der Waals surface area contributed by atoms with Crippen molar-refractivity contribution >= 4 is 28.4 Å². The standard InChI is InChI=1S/C16H15N3OS/c1-11(20)17-14-9-7-13(8-10-14)16-19-18-15(21-16)12-5-3-2-4-6-12/h2-10,16,19H,1H3,(H,17,20)/t16-/m1/s1. The van der Waals surface area contributed by atoms with E-state index in [0.29, 0.717) is 0 Å². The van der Waals surface area contributed by atoms with Gasteiger partial charge < -0.3 is 5.32 Å². The third-order valence-electron chi connectivity index (χ3n) is 3.07. The second-order valence-electron chi connectivity index (χ2n) is 4.71. The van der Waals surface area contributed by atoms with Gasteiger partial charge in [-0.3, -0.25) is 10.2 Å². The third kappa shape index (κ3) is 3.25. The van der Waals surface area contributed by atoms with Gasteiger partial charge >= 0.3 is 0 Å². The van der Waals surface area contributed by atoms with E-state index in [-0.39, 0.29) is 11.3 Å². The number of benzene rings is 2. The molecule has 1 atom stereocenters. The maximum absolute atomic E-state index is 11.0. The van der Waals surface area contributed by atoms with Crippen LogP contribution in [0.15, 0.2) is 59.7 Å². The Hall–Kier alpha value is -2.27. The fourth-order valence-corrected chi connectivity index (χ4v) is 3.08. The van der Waals surface area contributed by atoms with Gasteiger partial charge in [-0.1, -0.05) is 54.2 Å². The molecule has 2 N–H and O–H groups in total. The predicted molar refractivity (Wildman–Crippen MR) is 87.2 cm³/mol. The van der Waals surface area contributed by atoms with Gasteiger partial charge in [-0.2, -0.15) is 5.10 Å². The zero-order valence-corrected chi connectivity index (χ0v) is 12.4. The zero-order valence-electron chi connectivity index (χ0n) is 11.5. The molecule has 0 unspecified atom stereocenters. The molecule has 0 fully saturated rings. The molecule has 2 aromatic carbocycles. The summed E-state index contributed by atoms with van der Waals surface area (Å²) in [5.41, 5.74) is 6.20. The Morgan fingerprint density at radius 3 is 2.52 bits per heavy atom. The van der Waals surface area contributed by atoms with Gasteiger partial charge in [0.15, 0.2) is 0 Å². The Bertz CT molecular complexity index is 668. The van der Waals surface area contributed by atoms with Crippen molar-refractivity contribution in [2.45, 2.75) is 12.3 Å². The van der Waals surface area contributed by atoms with Crippen molar-refractivity contribution in [2.24, 2.45) is 5.10 Å². The van der Waals surface area contributed by atoms with Gasteiger partial charge in [-0.25, -0.2) is 0 Å². The van der Waals surface area contributed by atoms with E-state index in [1.807, 2.05) is 42.5 Å². The Kier molecular flexibility index (Phi) is 3.92. The molecule has 0 spiro atoms. The Labute approximate surface area is 127 Å². The number of carbonyl (C=O) groups is 1. The lowest BCUT2D eigenvalue weighted by Gasteiger charge is -2.10. The van der Waals surface area contributed by atoms with Crippen LogP contribution >= 0.6 is 11.8 Å². The number of amides is 1. The van der Waals surface area contributed by atoms with Crippen molar-refractivity contribution in [2.75, 3.05) is 5.32 Å². The summed E-state index contributed by atoms with van der Waals surface area (Å²) in [5.74, 6) is -0.0641. The number of rotatable bonds is 3. The molecule has 0 aliphatic carbocycles. The third-order valence-corrected chi connectivity index (χ3v) is 4.23. The number of carbonyl (C=O) groups excluding carboxylic acids is 1. The maximum Gasteiger partial charge on any atom is 0.221 e. The highest BCUT2D eigenvalue weighted by Crippen LogP contribution is 2.34. The van der Waals surface area contributed by atoms with Crippen LogP contribution in [0.1, 0.15) is 23.4 Å². The van der Waals surface area contributed by atoms with Crippen LogP contribution in [0.2, 0.25) is 0 Å². The molecule has 5 heteroatoms. The molecule has 0 saturated heterocycles. The lowest BCUT2D eigenvalue weighted by atomic mass is 10.2. The average Bonchev–Trinajstić information content (AvgIpc) is 2.98. The lowest BCUT2D eigenvalue weighted by Crippen LogP contribution is -2.08. The van der Waals surface area contributed by atoms with Gasteiger partial charge in [-0.05, 0) is 17.7 Å². The van der Waals surface area contributed by atoms with E-state index in [1.165, 1.54) is 6.92 Å². The van der Waals surface area contributed by atoms with Crippen molar-refractivity contribution in [3.63, 3.8) is 0 Å². The molecule has 106 valence electrons. The zero-order chi connectivity index (χ0) is 14.7. The number of anilines is 1. The minimum Gasteiger partial charge on any atom is -0.326 e. The molecule has 1 amide bonds. The van der Waals surface area contributed by atoms with E-state index in [0.717, 1.165) is 21.9 Å². The fraction of sp³-hybridized carbons (Fsp3) is 0.125. The second kappa shape index (κ2) is 6.01. The van der Waals surface area contributed by atoms with Gasteiger partial charge in [-0.15, -0.1) is 0 Å². The summed E-state index contributed by atoms with van der Waals surface area (Å²) in [5, 5.41) is 8.25. The van der Waals surface area contributed by atoms with Crippen molar-refractivity contribution in [1.82, 2.24) is 5.43 Å². The molecule has 1 aliphatic rings. The number of nitrogens with zero attached hydrogens (tertiary/aromatic N) is 1. The second-order valence-corrected chi connectivity index (χ2v) is 5.81. The Morgan fingerprint density at radius 1 is 1.14 bits per heavy atom. The first-order valence-electron chi connectivity index (χ1n) is 6.65. The molecular formula is C16H15N3OS. The highest BCUT2D eigenvalue weighted by Gasteiger charge is 2.21. The van der Waals surface area contributed by atoms with Crippen LogP contribution in [-0.4, -0.2) is 11.0 Å². The SMILES string of the molecule is CC(=O)Nc1ccc([C@@H]2NN=C(c3ccccc3)S2)cc1. The number of hydrazone groups is 1. The summed E-state index contributed by atoms with van der Waals surface area (Å²) in [7, 11) is 0. The minimum absolute atomic E-state index is 0.0641. The molecule has 0 bridgehead atoms. The van der Waals surface area contributed by atoms with Crippen LogP contribution < -0.4 is 10.7 Å². The maximum atomic E-state index is 11.0. The molecule has 0 saturated carbocycles. The lowest BCUT2D eigenvalue weighted by molar-refractivity contribution is -0.114. The van der Waals surface area contributed by atoms with Crippen LogP contribution in [0.25, 0.3) is 0 Å². The van der Waals surface area contributed by atoms with Crippen molar-refractivity contribution in [3.05, 3.63) is 65.7 Å². The largest absolute Gasteiger partial charge is 0.326 e. The van der Waals surface area contributed by atoms with Crippen LogP contribution in [0.5, 0.6) is 0 Å². The molecule has 0 aromatic heterocycles. The predicted octanol–water partition coefficient (Wildman–Crippen LogP) is 3.34. The Balaban J connectivity index is 1.69. The molecule has 4 nitrogen and oxygen atoms in total. The highest BCUT2D eigenvalue weighted by atomic mass is 32.2. The van der Waals surface area contributed by atoms with Gasteiger partial charge in [0.1, 0.15) is 10.4 Å². The molecular weight excluding hydrogens is 282 g/mol. The number of nitrogens with one attached hydrogen (secondary N) is 2. The molecule has 0 radical (unpaired) electrons. The minimum atomic E-state index is -0.0641. The molecule has 2 aromatic rings. The first-order chi connectivity index (χ1) is 10.2. The summed E-state index contributed by atoms with van der Waals surface area (Å²) in [4.78, 5) is 11.0. The molecule has 1 heterocycles. The van der Waals surface area contributed by atoms with Gasteiger partial charge in [0.2, 0.25) is 5.91 Å². The number of hydrogen-bond donors (Lipinski definition) is 2. The number of hydrogen-bond acceptors (Lipinski definition) is 4. The van der Waals surface area contributed by atoms with Gasteiger partial charge in [0.25, 0.3) is 0 Å². The normalized spacial score (nSPS) is 17.0. The van der Waals surface area contributed by atoms with E-state index < -0.39 is 0 Å². The summed E-state index contributed by atoms with van der Waals surface area (Å²) in [6, 6.07) is 17.9. The van der Waals surface area contributed by atoms with Crippen LogP contribution in [0.3, 0.4) is 0 Å². The molecule has 3 rings (SSSR count). The molecule has 1 aliphatic heterocycles. The van der Waals surface area contributed by atoms with Crippen molar-refractivity contribution in [3.8, 4) is 0 Å².